The largest absolute Gasteiger partial charge is 0.480 e. The molecule has 0 saturated heterocycles. The SMILES string of the molecule is Cc1cc(C)c(S(=O)(=O)N[C@@H](CNC(=O)c2cnn(CCc3ccc4c(n3)NCCC4)c2)C(=O)O)c(C)c1. The Labute approximate surface area is 221 Å². The van der Waals surface area contributed by atoms with Gasteiger partial charge in [0.2, 0.25) is 10.0 Å². The van der Waals surface area contributed by atoms with Crippen molar-refractivity contribution in [2.75, 3.05) is 18.4 Å². The molecule has 11 nitrogen and oxygen atoms in total. The number of aliphatic carboxylic acids is 1. The highest BCUT2D eigenvalue weighted by molar-refractivity contribution is 7.89. The highest BCUT2D eigenvalue weighted by atomic mass is 32.2. The second-order valence-corrected chi connectivity index (χ2v) is 11.2. The topological polar surface area (TPSA) is 155 Å². The number of carbonyl (C=O) groups excluding carboxylic acids is 1. The van der Waals surface area contributed by atoms with E-state index in [4.69, 9.17) is 0 Å². The van der Waals surface area contributed by atoms with Crippen LogP contribution in [0.5, 0.6) is 0 Å². The molecule has 0 aliphatic carbocycles. The van der Waals surface area contributed by atoms with Gasteiger partial charge in [0.15, 0.2) is 0 Å². The molecule has 0 fully saturated rings. The van der Waals surface area contributed by atoms with Gasteiger partial charge in [-0.2, -0.15) is 9.82 Å². The van der Waals surface area contributed by atoms with Crippen molar-refractivity contribution in [3.8, 4) is 0 Å². The van der Waals surface area contributed by atoms with Crippen LogP contribution in [0.1, 0.15) is 44.7 Å². The van der Waals surface area contributed by atoms with E-state index in [1.807, 2.05) is 13.0 Å². The van der Waals surface area contributed by atoms with Crippen LogP contribution in [-0.4, -0.2) is 59.3 Å². The quantitative estimate of drug-likeness (QED) is 0.304. The number of nitrogens with zero attached hydrogens (tertiary/aromatic N) is 3. The number of benzene rings is 1. The number of hydrogen-bond acceptors (Lipinski definition) is 7. The minimum atomic E-state index is -4.14. The molecule has 38 heavy (non-hydrogen) atoms. The van der Waals surface area contributed by atoms with Gasteiger partial charge in [0.05, 0.1) is 16.7 Å². The lowest BCUT2D eigenvalue weighted by Crippen LogP contribution is -2.48. The molecule has 0 spiro atoms. The number of sulfonamides is 1. The number of pyridine rings is 1. The first kappa shape index (κ1) is 27.3. The van der Waals surface area contributed by atoms with Crippen LogP contribution in [0.2, 0.25) is 0 Å². The minimum absolute atomic E-state index is 0.0335. The van der Waals surface area contributed by atoms with E-state index in [9.17, 15) is 23.1 Å². The summed E-state index contributed by atoms with van der Waals surface area (Å²) in [6.45, 7) is 6.14. The summed E-state index contributed by atoms with van der Waals surface area (Å²) >= 11 is 0. The predicted molar refractivity (Wildman–Crippen MR) is 142 cm³/mol. The summed E-state index contributed by atoms with van der Waals surface area (Å²) in [7, 11) is -4.14. The smallest absolute Gasteiger partial charge is 0.323 e. The van der Waals surface area contributed by atoms with Crippen LogP contribution in [-0.2, 0) is 34.2 Å². The first-order valence-electron chi connectivity index (χ1n) is 12.4. The van der Waals surface area contributed by atoms with Gasteiger partial charge in [0, 0.05) is 37.9 Å². The van der Waals surface area contributed by atoms with Crippen molar-refractivity contribution >= 4 is 27.7 Å². The Morgan fingerprint density at radius 3 is 2.63 bits per heavy atom. The fourth-order valence-corrected chi connectivity index (χ4v) is 6.30. The fraction of sp³-hybridized carbons (Fsp3) is 0.385. The summed E-state index contributed by atoms with van der Waals surface area (Å²) in [5, 5.41) is 19.6. The van der Waals surface area contributed by atoms with Crippen molar-refractivity contribution in [1.82, 2.24) is 24.8 Å². The summed E-state index contributed by atoms with van der Waals surface area (Å²) in [6.07, 6.45) is 5.68. The summed E-state index contributed by atoms with van der Waals surface area (Å²) in [5.41, 5.74) is 4.29. The van der Waals surface area contributed by atoms with E-state index in [2.05, 4.69) is 31.5 Å². The van der Waals surface area contributed by atoms with Gasteiger partial charge in [0.1, 0.15) is 11.9 Å². The molecule has 3 heterocycles. The molecule has 1 aliphatic heterocycles. The lowest BCUT2D eigenvalue weighted by Gasteiger charge is -2.18. The molecular weight excluding hydrogens is 508 g/mol. The van der Waals surface area contributed by atoms with Crippen molar-refractivity contribution in [3.63, 3.8) is 0 Å². The number of fused-ring (bicyclic) bond motifs is 1. The molecule has 202 valence electrons. The molecule has 12 heteroatoms. The maximum atomic E-state index is 13.0. The first-order chi connectivity index (χ1) is 18.0. The Morgan fingerprint density at radius 2 is 1.92 bits per heavy atom. The zero-order valence-corrected chi connectivity index (χ0v) is 22.4. The molecule has 4 N–H and O–H groups in total. The molecular formula is C26H32N6O5S. The number of carbonyl (C=O) groups is 2. The third-order valence-corrected chi connectivity index (χ3v) is 8.16. The number of carboxylic acid groups (broad SMARTS) is 1. The summed E-state index contributed by atoms with van der Waals surface area (Å²) in [5.74, 6) is -1.04. The maximum Gasteiger partial charge on any atom is 0.323 e. The van der Waals surface area contributed by atoms with E-state index < -0.39 is 34.5 Å². The van der Waals surface area contributed by atoms with Crippen molar-refractivity contribution in [1.29, 1.82) is 0 Å². The number of aromatic nitrogens is 3. The number of hydrogen-bond donors (Lipinski definition) is 4. The monoisotopic (exact) mass is 540 g/mol. The van der Waals surface area contributed by atoms with Crippen LogP contribution in [0.15, 0.2) is 41.6 Å². The van der Waals surface area contributed by atoms with E-state index >= 15 is 0 Å². The number of aryl methyl sites for hydroxylation is 6. The zero-order chi connectivity index (χ0) is 27.4. The second-order valence-electron chi connectivity index (χ2n) is 9.53. The minimum Gasteiger partial charge on any atom is -0.480 e. The zero-order valence-electron chi connectivity index (χ0n) is 21.6. The van der Waals surface area contributed by atoms with Crippen molar-refractivity contribution in [2.24, 2.45) is 0 Å². The van der Waals surface area contributed by atoms with E-state index in [-0.39, 0.29) is 10.5 Å². The first-order valence-corrected chi connectivity index (χ1v) is 13.9. The summed E-state index contributed by atoms with van der Waals surface area (Å²) in [4.78, 5) is 29.1. The van der Waals surface area contributed by atoms with E-state index in [1.165, 1.54) is 11.8 Å². The molecule has 1 aliphatic rings. The van der Waals surface area contributed by atoms with Crippen LogP contribution >= 0.6 is 0 Å². The van der Waals surface area contributed by atoms with Gasteiger partial charge in [-0.05, 0) is 56.4 Å². The Kier molecular flexibility index (Phi) is 8.12. The maximum absolute atomic E-state index is 13.0. The number of carboxylic acids is 1. The molecule has 0 saturated carbocycles. The third-order valence-electron chi connectivity index (χ3n) is 6.38. The molecule has 0 bridgehead atoms. The van der Waals surface area contributed by atoms with Gasteiger partial charge in [0.25, 0.3) is 5.91 Å². The highest BCUT2D eigenvalue weighted by Crippen LogP contribution is 2.22. The number of nitrogens with one attached hydrogen (secondary N) is 3. The van der Waals surface area contributed by atoms with E-state index in [1.54, 1.807) is 36.9 Å². The molecule has 0 unspecified atom stereocenters. The van der Waals surface area contributed by atoms with Crippen LogP contribution < -0.4 is 15.4 Å². The van der Waals surface area contributed by atoms with Gasteiger partial charge in [-0.15, -0.1) is 0 Å². The highest BCUT2D eigenvalue weighted by Gasteiger charge is 2.28. The second kappa shape index (κ2) is 11.3. The van der Waals surface area contributed by atoms with Crippen LogP contribution in [0.4, 0.5) is 5.82 Å². The van der Waals surface area contributed by atoms with Crippen molar-refractivity contribution in [3.05, 3.63) is 70.2 Å². The van der Waals surface area contributed by atoms with Gasteiger partial charge in [-0.1, -0.05) is 23.8 Å². The average molecular weight is 541 g/mol. The van der Waals surface area contributed by atoms with E-state index in [0.29, 0.717) is 24.1 Å². The third kappa shape index (κ3) is 6.37. The van der Waals surface area contributed by atoms with Crippen molar-refractivity contribution < 1.29 is 23.1 Å². The summed E-state index contributed by atoms with van der Waals surface area (Å²) < 4.78 is 29.8. The lowest BCUT2D eigenvalue weighted by molar-refractivity contribution is -0.138. The van der Waals surface area contributed by atoms with Crippen LogP contribution in [0.25, 0.3) is 0 Å². The normalized spacial score (nSPS) is 13.9. The van der Waals surface area contributed by atoms with Gasteiger partial charge >= 0.3 is 5.97 Å². The number of amides is 1. The Bertz CT molecular complexity index is 1440. The average Bonchev–Trinajstić information content (AvgIpc) is 3.33. The lowest BCUT2D eigenvalue weighted by atomic mass is 10.1. The number of rotatable bonds is 10. The number of anilines is 1. The van der Waals surface area contributed by atoms with Crippen molar-refractivity contribution in [2.45, 2.75) is 57.5 Å². The molecule has 1 atom stereocenters. The van der Waals surface area contributed by atoms with Crippen LogP contribution in [0.3, 0.4) is 0 Å². The molecule has 1 amide bonds. The van der Waals surface area contributed by atoms with Gasteiger partial charge < -0.3 is 15.7 Å². The molecule has 1 aromatic carbocycles. The Morgan fingerprint density at radius 1 is 1.18 bits per heavy atom. The summed E-state index contributed by atoms with van der Waals surface area (Å²) in [6, 6.07) is 5.96. The van der Waals surface area contributed by atoms with Gasteiger partial charge in [-0.3, -0.25) is 14.3 Å². The molecule has 4 rings (SSSR count). The fourth-order valence-electron chi connectivity index (χ4n) is 4.65. The van der Waals surface area contributed by atoms with E-state index in [0.717, 1.165) is 36.5 Å². The predicted octanol–water partition coefficient (Wildman–Crippen LogP) is 1.97. The standard InChI is InChI=1S/C26H32N6O5S/c1-16-11-17(2)23(18(3)12-16)38(36,37)31-22(26(34)35)14-28-25(33)20-13-29-32(15-20)10-8-21-7-6-19-5-4-9-27-24(19)30-21/h6-7,11-13,15,22,31H,4-5,8-10,14H2,1-3H3,(H,27,30)(H,28,33)(H,34,35)/t22-/m0/s1. The molecule has 3 aromatic rings. The molecule has 2 aromatic heterocycles. The van der Waals surface area contributed by atoms with Crippen LogP contribution in [0, 0.1) is 20.8 Å². The van der Waals surface area contributed by atoms with Gasteiger partial charge in [-0.25, -0.2) is 13.4 Å². The molecule has 0 radical (unpaired) electrons. The Balaban J connectivity index is 1.35. The Hall–Kier alpha value is -3.77.